The Bertz CT molecular complexity index is 299. The normalized spacial score (nSPS) is 12.3. The predicted molar refractivity (Wildman–Crippen MR) is 57.4 cm³/mol. The number of aliphatic carboxylic acids is 1. The number of hydrogen-bond acceptors (Lipinski definition) is 3. The number of carboxylic acid groups (broad SMARTS) is 1. The third-order valence-corrected chi connectivity index (χ3v) is 1.80. The summed E-state index contributed by atoms with van der Waals surface area (Å²) in [7, 11) is 0. The number of allylic oxidation sites excluding steroid dienone is 1. The Morgan fingerprint density at radius 3 is 2.50 bits per heavy atom. The van der Waals surface area contributed by atoms with Crippen LogP contribution in [-0.4, -0.2) is 28.9 Å². The first-order valence-corrected chi connectivity index (χ1v) is 4.95. The van der Waals surface area contributed by atoms with Gasteiger partial charge in [0, 0.05) is 6.42 Å². The van der Waals surface area contributed by atoms with E-state index in [1.165, 1.54) is 6.08 Å². The number of amides is 2. The summed E-state index contributed by atoms with van der Waals surface area (Å²) in [5.41, 5.74) is 4.89. The highest BCUT2D eigenvalue weighted by molar-refractivity contribution is 5.91. The molecule has 1 atom stereocenters. The van der Waals surface area contributed by atoms with Gasteiger partial charge < -0.3 is 16.2 Å². The first kappa shape index (κ1) is 14.2. The Morgan fingerprint density at radius 1 is 1.44 bits per heavy atom. The van der Waals surface area contributed by atoms with Crippen LogP contribution in [0.25, 0.3) is 0 Å². The van der Waals surface area contributed by atoms with Gasteiger partial charge in [-0.2, -0.15) is 0 Å². The summed E-state index contributed by atoms with van der Waals surface area (Å²) >= 11 is 0. The van der Waals surface area contributed by atoms with Gasteiger partial charge in [-0.05, 0) is 18.9 Å². The van der Waals surface area contributed by atoms with Crippen molar-refractivity contribution in [2.75, 3.05) is 0 Å². The van der Waals surface area contributed by atoms with E-state index >= 15 is 0 Å². The van der Waals surface area contributed by atoms with E-state index in [4.69, 9.17) is 10.8 Å². The van der Waals surface area contributed by atoms with Gasteiger partial charge in [-0.25, -0.2) is 4.79 Å². The van der Waals surface area contributed by atoms with Crippen molar-refractivity contribution in [1.82, 2.24) is 5.32 Å². The van der Waals surface area contributed by atoms with Crippen LogP contribution >= 0.6 is 0 Å². The highest BCUT2D eigenvalue weighted by atomic mass is 16.4. The molecule has 2 amide bonds. The Hall–Kier alpha value is -1.85. The highest BCUT2D eigenvalue weighted by Gasteiger charge is 2.19. The lowest BCUT2D eigenvalue weighted by Gasteiger charge is -2.11. The zero-order valence-electron chi connectivity index (χ0n) is 9.10. The first-order chi connectivity index (χ1) is 7.47. The molecule has 6 heteroatoms. The Labute approximate surface area is 93.5 Å². The molecule has 0 aromatic heterocycles. The van der Waals surface area contributed by atoms with E-state index < -0.39 is 23.8 Å². The van der Waals surface area contributed by atoms with Gasteiger partial charge in [0.2, 0.25) is 11.8 Å². The SMILES string of the molecule is CC/C=C/C(=O)NC(CCC(N)=O)C(=O)O. The molecule has 0 aliphatic carbocycles. The summed E-state index contributed by atoms with van der Waals surface area (Å²) in [6, 6.07) is -1.08. The quantitative estimate of drug-likeness (QED) is 0.523. The molecule has 0 aliphatic rings. The van der Waals surface area contributed by atoms with Crippen LogP contribution in [0.4, 0.5) is 0 Å². The summed E-state index contributed by atoms with van der Waals surface area (Å²) in [6.45, 7) is 1.85. The van der Waals surface area contributed by atoms with Gasteiger partial charge in [0.15, 0.2) is 0 Å². The smallest absolute Gasteiger partial charge is 0.326 e. The molecular formula is C10H16N2O4. The van der Waals surface area contributed by atoms with Gasteiger partial charge in [0.25, 0.3) is 0 Å². The van der Waals surface area contributed by atoms with E-state index in [1.54, 1.807) is 6.08 Å². The molecule has 0 heterocycles. The van der Waals surface area contributed by atoms with Gasteiger partial charge in [-0.3, -0.25) is 9.59 Å². The minimum atomic E-state index is -1.18. The van der Waals surface area contributed by atoms with E-state index in [0.717, 1.165) is 0 Å². The number of carbonyl (C=O) groups is 3. The molecule has 0 rings (SSSR count). The van der Waals surface area contributed by atoms with Crippen LogP contribution in [0.15, 0.2) is 12.2 Å². The first-order valence-electron chi connectivity index (χ1n) is 4.95. The van der Waals surface area contributed by atoms with Gasteiger partial charge in [-0.15, -0.1) is 0 Å². The zero-order valence-corrected chi connectivity index (χ0v) is 9.10. The topological polar surface area (TPSA) is 109 Å². The fourth-order valence-electron chi connectivity index (χ4n) is 0.989. The highest BCUT2D eigenvalue weighted by Crippen LogP contribution is 1.97. The summed E-state index contributed by atoms with van der Waals surface area (Å²) in [4.78, 5) is 32.4. The lowest BCUT2D eigenvalue weighted by atomic mass is 10.1. The molecule has 0 saturated carbocycles. The van der Waals surface area contributed by atoms with Gasteiger partial charge in [0.05, 0.1) is 0 Å². The third kappa shape index (κ3) is 6.58. The van der Waals surface area contributed by atoms with Crippen molar-refractivity contribution in [1.29, 1.82) is 0 Å². The number of hydrogen-bond donors (Lipinski definition) is 3. The molecule has 0 aromatic rings. The van der Waals surface area contributed by atoms with Crippen molar-refractivity contribution in [3.63, 3.8) is 0 Å². The maximum Gasteiger partial charge on any atom is 0.326 e. The zero-order chi connectivity index (χ0) is 12.6. The van der Waals surface area contributed by atoms with Crippen LogP contribution < -0.4 is 11.1 Å². The molecular weight excluding hydrogens is 212 g/mol. The Kier molecular flexibility index (Phi) is 6.58. The van der Waals surface area contributed by atoms with E-state index in [-0.39, 0.29) is 12.8 Å². The molecule has 0 bridgehead atoms. The lowest BCUT2D eigenvalue weighted by molar-refractivity contribution is -0.141. The molecule has 0 spiro atoms. The lowest BCUT2D eigenvalue weighted by Crippen LogP contribution is -2.40. The molecule has 90 valence electrons. The number of nitrogens with two attached hydrogens (primary N) is 1. The second kappa shape index (κ2) is 7.44. The average molecular weight is 228 g/mol. The van der Waals surface area contributed by atoms with Crippen LogP contribution in [0, 0.1) is 0 Å². The summed E-state index contributed by atoms with van der Waals surface area (Å²) < 4.78 is 0. The van der Waals surface area contributed by atoms with Crippen molar-refractivity contribution in [3.05, 3.63) is 12.2 Å². The number of rotatable bonds is 7. The standard InChI is InChI=1S/C10H16N2O4/c1-2-3-4-9(14)12-7(10(15)16)5-6-8(11)13/h3-4,7H,2,5-6H2,1H3,(H2,11,13)(H,12,14)(H,15,16)/b4-3+. The summed E-state index contributed by atoms with van der Waals surface area (Å²) in [6.07, 6.45) is 3.49. The van der Waals surface area contributed by atoms with Gasteiger partial charge in [0.1, 0.15) is 6.04 Å². The number of primary amides is 1. The summed E-state index contributed by atoms with van der Waals surface area (Å²) in [5.74, 6) is -2.26. The number of carboxylic acids is 1. The molecule has 0 aromatic carbocycles. The molecule has 0 saturated heterocycles. The Balaban J connectivity index is 4.22. The predicted octanol–water partition coefficient (Wildman–Crippen LogP) is -0.212. The second-order valence-corrected chi connectivity index (χ2v) is 3.22. The minimum Gasteiger partial charge on any atom is -0.480 e. The molecule has 6 nitrogen and oxygen atoms in total. The molecule has 0 fully saturated rings. The fraction of sp³-hybridized carbons (Fsp3) is 0.500. The summed E-state index contributed by atoms with van der Waals surface area (Å²) in [5, 5.41) is 11.0. The van der Waals surface area contributed by atoms with Crippen LogP contribution in [0.2, 0.25) is 0 Å². The van der Waals surface area contributed by atoms with Crippen LogP contribution in [-0.2, 0) is 14.4 Å². The average Bonchev–Trinajstić information content (AvgIpc) is 2.20. The second-order valence-electron chi connectivity index (χ2n) is 3.22. The van der Waals surface area contributed by atoms with E-state index in [9.17, 15) is 14.4 Å². The Morgan fingerprint density at radius 2 is 2.06 bits per heavy atom. The van der Waals surface area contributed by atoms with Crippen LogP contribution in [0.1, 0.15) is 26.2 Å². The maximum absolute atomic E-state index is 11.2. The van der Waals surface area contributed by atoms with Crippen molar-refractivity contribution in [3.8, 4) is 0 Å². The van der Waals surface area contributed by atoms with E-state index in [1.807, 2.05) is 6.92 Å². The molecule has 1 unspecified atom stereocenters. The van der Waals surface area contributed by atoms with Crippen molar-refractivity contribution in [2.45, 2.75) is 32.2 Å². The van der Waals surface area contributed by atoms with Crippen molar-refractivity contribution < 1.29 is 19.5 Å². The van der Waals surface area contributed by atoms with Gasteiger partial charge >= 0.3 is 5.97 Å². The molecule has 16 heavy (non-hydrogen) atoms. The van der Waals surface area contributed by atoms with Gasteiger partial charge in [-0.1, -0.05) is 13.0 Å². The number of nitrogens with one attached hydrogen (secondary N) is 1. The van der Waals surface area contributed by atoms with Crippen molar-refractivity contribution in [2.24, 2.45) is 5.73 Å². The fourth-order valence-corrected chi connectivity index (χ4v) is 0.989. The largest absolute Gasteiger partial charge is 0.480 e. The van der Waals surface area contributed by atoms with Crippen LogP contribution in [0.3, 0.4) is 0 Å². The van der Waals surface area contributed by atoms with E-state index in [0.29, 0.717) is 6.42 Å². The molecule has 4 N–H and O–H groups in total. The monoisotopic (exact) mass is 228 g/mol. The number of carbonyl (C=O) groups excluding carboxylic acids is 2. The van der Waals surface area contributed by atoms with Crippen LogP contribution in [0.5, 0.6) is 0 Å². The molecule has 0 radical (unpaired) electrons. The van der Waals surface area contributed by atoms with E-state index in [2.05, 4.69) is 5.32 Å². The third-order valence-electron chi connectivity index (χ3n) is 1.80. The van der Waals surface area contributed by atoms with Crippen molar-refractivity contribution >= 4 is 17.8 Å². The maximum atomic E-state index is 11.2. The molecule has 0 aliphatic heterocycles. The minimum absolute atomic E-state index is 0.00360.